The van der Waals surface area contributed by atoms with Gasteiger partial charge in [-0.2, -0.15) is 0 Å². The lowest BCUT2D eigenvalue weighted by Crippen LogP contribution is -2.07. The molecule has 3 aromatic rings. The monoisotopic (exact) mass is 349 g/mol. The normalized spacial score (nSPS) is 13.8. The molecule has 1 aromatic heterocycles. The van der Waals surface area contributed by atoms with Crippen LogP contribution in [0.3, 0.4) is 0 Å². The quantitative estimate of drug-likeness (QED) is 0.459. The van der Waals surface area contributed by atoms with Gasteiger partial charge in [0, 0.05) is 16.4 Å². The molecule has 1 aliphatic carbocycles. The molecule has 4 heteroatoms. The highest BCUT2D eigenvalue weighted by atomic mass is 32.2. The molecule has 1 saturated carbocycles. The number of carbonyl (C=O) groups is 1. The maximum absolute atomic E-state index is 13.2. The van der Waals surface area contributed by atoms with Crippen molar-refractivity contribution in [3.8, 4) is 0 Å². The first-order valence-corrected chi connectivity index (χ1v) is 9.69. The van der Waals surface area contributed by atoms with Gasteiger partial charge in [-0.1, -0.05) is 35.5 Å². The van der Waals surface area contributed by atoms with Crippen molar-refractivity contribution in [2.45, 2.75) is 30.1 Å². The van der Waals surface area contributed by atoms with Crippen LogP contribution in [0.5, 0.6) is 0 Å². The Morgan fingerprint density at radius 1 is 1.16 bits per heavy atom. The third-order valence-electron chi connectivity index (χ3n) is 4.59. The van der Waals surface area contributed by atoms with E-state index in [0.717, 1.165) is 41.0 Å². The summed E-state index contributed by atoms with van der Waals surface area (Å²) < 4.78 is 5.36. The molecular formula is C21H19NO2S. The molecule has 2 aromatic carbocycles. The maximum Gasteiger partial charge on any atom is 0.198 e. The van der Waals surface area contributed by atoms with Crippen molar-refractivity contribution in [2.24, 2.45) is 0 Å². The highest BCUT2D eigenvalue weighted by Gasteiger charge is 2.33. The minimum Gasteiger partial charge on any atom is -0.360 e. The van der Waals surface area contributed by atoms with Crippen LogP contribution >= 0.6 is 11.8 Å². The lowest BCUT2D eigenvalue weighted by molar-refractivity contribution is 0.103. The molecule has 0 radical (unpaired) electrons. The van der Waals surface area contributed by atoms with Crippen molar-refractivity contribution in [1.82, 2.24) is 5.16 Å². The number of thioether (sulfide) groups is 1. The highest BCUT2D eigenvalue weighted by molar-refractivity contribution is 7.98. The Labute approximate surface area is 151 Å². The second-order valence-electron chi connectivity index (χ2n) is 6.39. The Kier molecular flexibility index (Phi) is 4.45. The Morgan fingerprint density at radius 3 is 2.68 bits per heavy atom. The Morgan fingerprint density at radius 2 is 1.96 bits per heavy atom. The number of carbonyl (C=O) groups excluding carboxylic acids is 1. The molecule has 0 N–H and O–H groups in total. The van der Waals surface area contributed by atoms with E-state index in [-0.39, 0.29) is 5.78 Å². The first-order valence-electron chi connectivity index (χ1n) is 8.46. The zero-order valence-corrected chi connectivity index (χ0v) is 14.9. The van der Waals surface area contributed by atoms with Gasteiger partial charge < -0.3 is 4.52 Å². The van der Waals surface area contributed by atoms with Crippen molar-refractivity contribution in [1.29, 1.82) is 0 Å². The summed E-state index contributed by atoms with van der Waals surface area (Å²) in [4.78, 5) is 14.3. The SMILES string of the molecule is CSc1ccc(C(=O)c2cnoc2C2CC2)c(Cc2ccccc2)c1. The van der Waals surface area contributed by atoms with E-state index < -0.39 is 0 Å². The average Bonchev–Trinajstić information content (AvgIpc) is 3.38. The van der Waals surface area contributed by atoms with E-state index in [4.69, 9.17) is 4.52 Å². The van der Waals surface area contributed by atoms with Crippen molar-refractivity contribution in [2.75, 3.05) is 6.26 Å². The minimum absolute atomic E-state index is 0.0155. The van der Waals surface area contributed by atoms with Crippen molar-refractivity contribution in [3.63, 3.8) is 0 Å². The number of aromatic nitrogens is 1. The molecule has 25 heavy (non-hydrogen) atoms. The second kappa shape index (κ2) is 6.89. The highest BCUT2D eigenvalue weighted by Crippen LogP contribution is 2.42. The van der Waals surface area contributed by atoms with Crippen LogP contribution in [0.2, 0.25) is 0 Å². The van der Waals surface area contributed by atoms with Gasteiger partial charge >= 0.3 is 0 Å². The van der Waals surface area contributed by atoms with Crippen molar-refractivity contribution < 1.29 is 9.32 Å². The maximum atomic E-state index is 13.2. The fourth-order valence-corrected chi connectivity index (χ4v) is 3.55. The minimum atomic E-state index is 0.0155. The molecule has 0 atom stereocenters. The summed E-state index contributed by atoms with van der Waals surface area (Å²) in [6.45, 7) is 0. The van der Waals surface area contributed by atoms with Gasteiger partial charge in [-0.15, -0.1) is 11.8 Å². The van der Waals surface area contributed by atoms with Crippen LogP contribution in [0.1, 0.15) is 51.6 Å². The van der Waals surface area contributed by atoms with Crippen LogP contribution in [-0.2, 0) is 6.42 Å². The number of benzene rings is 2. The summed E-state index contributed by atoms with van der Waals surface area (Å²) in [5.41, 5.74) is 3.61. The van der Waals surface area contributed by atoms with Crippen molar-refractivity contribution >= 4 is 17.5 Å². The van der Waals surface area contributed by atoms with Gasteiger partial charge in [-0.05, 0) is 54.8 Å². The zero-order chi connectivity index (χ0) is 17.2. The summed E-state index contributed by atoms with van der Waals surface area (Å²) in [5, 5.41) is 3.88. The average molecular weight is 349 g/mol. The van der Waals surface area contributed by atoms with E-state index in [1.165, 1.54) is 5.56 Å². The largest absolute Gasteiger partial charge is 0.360 e. The Bertz CT molecular complexity index is 897. The summed E-state index contributed by atoms with van der Waals surface area (Å²) in [6.07, 6.45) is 6.52. The molecule has 0 saturated heterocycles. The van der Waals surface area contributed by atoms with Crippen LogP contribution < -0.4 is 0 Å². The number of hydrogen-bond donors (Lipinski definition) is 0. The van der Waals surface area contributed by atoms with Crippen LogP contribution in [0, 0.1) is 0 Å². The van der Waals surface area contributed by atoms with Gasteiger partial charge in [-0.3, -0.25) is 4.79 Å². The van der Waals surface area contributed by atoms with Crippen molar-refractivity contribution in [3.05, 3.63) is 82.7 Å². The molecule has 0 aliphatic heterocycles. The van der Waals surface area contributed by atoms with E-state index in [1.807, 2.05) is 36.6 Å². The van der Waals surface area contributed by atoms with E-state index in [0.29, 0.717) is 11.5 Å². The fourth-order valence-electron chi connectivity index (χ4n) is 3.08. The van der Waals surface area contributed by atoms with E-state index in [9.17, 15) is 4.79 Å². The first kappa shape index (κ1) is 16.2. The molecule has 0 amide bonds. The standard InChI is InChI=1S/C21H19NO2S/c1-25-17-9-10-18(16(12-17)11-14-5-3-2-4-6-14)20(23)19-13-22-24-21(19)15-7-8-15/h2-6,9-10,12-13,15H,7-8,11H2,1H3. The topological polar surface area (TPSA) is 43.1 Å². The molecular weight excluding hydrogens is 330 g/mol. The second-order valence-corrected chi connectivity index (χ2v) is 7.27. The number of ketones is 1. The summed E-state index contributed by atoms with van der Waals surface area (Å²) in [6, 6.07) is 16.3. The third-order valence-corrected chi connectivity index (χ3v) is 5.31. The number of nitrogens with zero attached hydrogens (tertiary/aromatic N) is 1. The summed E-state index contributed by atoms with van der Waals surface area (Å²) in [7, 11) is 0. The van der Waals surface area contributed by atoms with Gasteiger partial charge in [0.05, 0.1) is 11.8 Å². The number of rotatable bonds is 6. The van der Waals surface area contributed by atoms with Gasteiger partial charge in [0.1, 0.15) is 0 Å². The van der Waals surface area contributed by atoms with Crippen LogP contribution in [0.4, 0.5) is 0 Å². The lowest BCUT2D eigenvalue weighted by atomic mass is 9.94. The smallest absolute Gasteiger partial charge is 0.198 e. The summed E-state index contributed by atoms with van der Waals surface area (Å²) in [5.74, 6) is 1.14. The Hall–Kier alpha value is -2.33. The predicted molar refractivity (Wildman–Crippen MR) is 99.4 cm³/mol. The molecule has 0 spiro atoms. The summed E-state index contributed by atoms with van der Waals surface area (Å²) >= 11 is 1.69. The zero-order valence-electron chi connectivity index (χ0n) is 14.1. The third kappa shape index (κ3) is 3.40. The van der Waals surface area contributed by atoms with E-state index >= 15 is 0 Å². The van der Waals surface area contributed by atoms with Gasteiger partial charge in [0.25, 0.3) is 0 Å². The molecule has 3 nitrogen and oxygen atoms in total. The molecule has 0 unspecified atom stereocenters. The molecule has 1 fully saturated rings. The van der Waals surface area contributed by atoms with Gasteiger partial charge in [0.15, 0.2) is 11.5 Å². The predicted octanol–water partition coefficient (Wildman–Crippen LogP) is 5.10. The number of hydrogen-bond acceptors (Lipinski definition) is 4. The molecule has 0 bridgehead atoms. The van der Waals surface area contributed by atoms with Crippen LogP contribution in [0.25, 0.3) is 0 Å². The van der Waals surface area contributed by atoms with E-state index in [1.54, 1.807) is 18.0 Å². The molecule has 4 rings (SSSR count). The molecule has 126 valence electrons. The van der Waals surface area contributed by atoms with Crippen LogP contribution in [-0.4, -0.2) is 17.2 Å². The first-order chi connectivity index (χ1) is 12.3. The van der Waals surface area contributed by atoms with Gasteiger partial charge in [-0.25, -0.2) is 0 Å². The Balaban J connectivity index is 1.72. The van der Waals surface area contributed by atoms with E-state index in [2.05, 4.69) is 23.4 Å². The fraction of sp³-hybridized carbons (Fsp3) is 0.238. The molecule has 1 aliphatic rings. The van der Waals surface area contributed by atoms with Crippen LogP contribution in [0.15, 0.2) is 64.1 Å². The molecule has 1 heterocycles. The van der Waals surface area contributed by atoms with Gasteiger partial charge in [0.2, 0.25) is 0 Å². The lowest BCUT2D eigenvalue weighted by Gasteiger charge is -2.11.